The third-order valence-corrected chi connectivity index (χ3v) is 5.45. The van der Waals surface area contributed by atoms with Crippen molar-refractivity contribution in [1.29, 1.82) is 0 Å². The maximum Gasteiger partial charge on any atom is 0.240 e. The van der Waals surface area contributed by atoms with Crippen LogP contribution in [0.1, 0.15) is 17.8 Å². The van der Waals surface area contributed by atoms with Gasteiger partial charge in [-0.15, -0.1) is 12.4 Å². The Morgan fingerprint density at radius 1 is 1.36 bits per heavy atom. The van der Waals surface area contributed by atoms with Gasteiger partial charge in [0.15, 0.2) is 5.82 Å². The molecule has 2 aromatic rings. The molecule has 2 heterocycles. The summed E-state index contributed by atoms with van der Waals surface area (Å²) in [5, 5.41) is 7.32. The molecule has 0 aliphatic carbocycles. The smallest absolute Gasteiger partial charge is 0.240 e. The molecule has 0 spiro atoms. The van der Waals surface area contributed by atoms with Crippen LogP contribution in [0.3, 0.4) is 0 Å². The number of likely N-dealkylation sites (N-methyl/N-ethyl adjacent to an activating group) is 1. The van der Waals surface area contributed by atoms with E-state index < -0.39 is 10.0 Å². The van der Waals surface area contributed by atoms with Crippen molar-refractivity contribution in [2.24, 2.45) is 0 Å². The van der Waals surface area contributed by atoms with Crippen LogP contribution in [0.15, 0.2) is 39.8 Å². The summed E-state index contributed by atoms with van der Waals surface area (Å²) in [6.45, 7) is 2.85. The minimum Gasteiger partial charge on any atom is -0.339 e. The van der Waals surface area contributed by atoms with E-state index in [4.69, 9.17) is 4.52 Å². The molecule has 3 rings (SSSR count). The van der Waals surface area contributed by atoms with Crippen LogP contribution < -0.4 is 10.0 Å². The van der Waals surface area contributed by atoms with Crippen LogP contribution in [0.4, 0.5) is 0 Å². The van der Waals surface area contributed by atoms with E-state index in [1.165, 1.54) is 0 Å². The zero-order valence-electron chi connectivity index (χ0n) is 13.9. The fraction of sp³-hybridized carbons (Fsp3) is 0.467. The zero-order valence-corrected chi connectivity index (χ0v) is 15.5. The van der Waals surface area contributed by atoms with Gasteiger partial charge in [-0.25, -0.2) is 13.1 Å². The van der Waals surface area contributed by atoms with Gasteiger partial charge in [0.25, 0.3) is 0 Å². The predicted molar refractivity (Wildman–Crippen MR) is 95.1 cm³/mol. The summed E-state index contributed by atoms with van der Waals surface area (Å²) in [5.41, 5.74) is 0. The van der Waals surface area contributed by atoms with Crippen molar-refractivity contribution in [3.05, 3.63) is 42.0 Å². The summed E-state index contributed by atoms with van der Waals surface area (Å²) >= 11 is 0. The van der Waals surface area contributed by atoms with Gasteiger partial charge < -0.3 is 9.84 Å². The topological polar surface area (TPSA) is 100 Å². The quantitative estimate of drug-likeness (QED) is 0.748. The molecule has 1 unspecified atom stereocenters. The van der Waals surface area contributed by atoms with Crippen LogP contribution >= 0.6 is 12.4 Å². The highest BCUT2D eigenvalue weighted by molar-refractivity contribution is 7.89. The molecule has 0 bridgehead atoms. The number of aromatic nitrogens is 2. The number of rotatable bonds is 6. The molecule has 25 heavy (non-hydrogen) atoms. The summed E-state index contributed by atoms with van der Waals surface area (Å²) in [4.78, 5) is 6.79. The van der Waals surface area contributed by atoms with Gasteiger partial charge in [0.2, 0.25) is 15.9 Å². The van der Waals surface area contributed by atoms with Gasteiger partial charge in [-0.2, -0.15) is 4.98 Å². The lowest BCUT2D eigenvalue weighted by Crippen LogP contribution is -2.44. The summed E-state index contributed by atoms with van der Waals surface area (Å²) in [6.07, 6.45) is 0.350. The maximum absolute atomic E-state index is 12.1. The number of piperazine rings is 1. The number of sulfonamides is 1. The van der Waals surface area contributed by atoms with Crippen molar-refractivity contribution in [3.63, 3.8) is 0 Å². The van der Waals surface area contributed by atoms with Crippen LogP contribution in [-0.4, -0.2) is 56.7 Å². The lowest BCUT2D eigenvalue weighted by Gasteiger charge is -2.30. The van der Waals surface area contributed by atoms with Gasteiger partial charge in [-0.1, -0.05) is 23.4 Å². The Morgan fingerprint density at radius 2 is 2.12 bits per heavy atom. The second-order valence-corrected chi connectivity index (χ2v) is 7.47. The molecule has 2 N–H and O–H groups in total. The molecular weight excluding hydrogens is 366 g/mol. The summed E-state index contributed by atoms with van der Waals surface area (Å²) < 4.78 is 32.0. The van der Waals surface area contributed by atoms with E-state index >= 15 is 0 Å². The minimum atomic E-state index is -3.51. The van der Waals surface area contributed by atoms with Crippen molar-refractivity contribution >= 4 is 22.4 Å². The van der Waals surface area contributed by atoms with Gasteiger partial charge >= 0.3 is 0 Å². The standard InChI is InChI=1S/C15H21N5O3S.ClH/c1-20-10-9-16-11-13(20)15-18-14(23-19-15)7-8-17-24(21,22)12-5-3-2-4-6-12;/h2-6,13,16-17H,7-11H2,1H3;1H. The maximum atomic E-state index is 12.1. The highest BCUT2D eigenvalue weighted by Gasteiger charge is 2.25. The Labute approximate surface area is 153 Å². The molecular formula is C15H22ClN5O3S. The molecule has 1 atom stereocenters. The van der Waals surface area contributed by atoms with Crippen LogP contribution in [0.25, 0.3) is 0 Å². The highest BCUT2D eigenvalue weighted by atomic mass is 35.5. The highest BCUT2D eigenvalue weighted by Crippen LogP contribution is 2.17. The Bertz CT molecular complexity index is 768. The van der Waals surface area contributed by atoms with Gasteiger partial charge in [0, 0.05) is 32.6 Å². The van der Waals surface area contributed by atoms with Gasteiger partial charge in [-0.05, 0) is 19.2 Å². The first-order valence-corrected chi connectivity index (χ1v) is 9.33. The number of halogens is 1. The van der Waals surface area contributed by atoms with Crippen molar-refractivity contribution in [1.82, 2.24) is 25.1 Å². The number of hydrogen-bond donors (Lipinski definition) is 2. The normalized spacial score (nSPS) is 18.7. The molecule has 1 saturated heterocycles. The Morgan fingerprint density at radius 3 is 2.84 bits per heavy atom. The number of benzene rings is 1. The molecule has 1 aliphatic rings. The Kier molecular flexibility index (Phi) is 6.91. The van der Waals surface area contributed by atoms with Crippen molar-refractivity contribution < 1.29 is 12.9 Å². The van der Waals surface area contributed by atoms with E-state index in [9.17, 15) is 8.42 Å². The number of nitrogens with zero attached hydrogens (tertiary/aromatic N) is 3. The SMILES string of the molecule is CN1CCNCC1c1noc(CCNS(=O)(=O)c2ccccc2)n1.Cl. The number of hydrogen-bond acceptors (Lipinski definition) is 7. The van der Waals surface area contributed by atoms with E-state index in [0.717, 1.165) is 19.6 Å². The molecule has 1 aliphatic heterocycles. The lowest BCUT2D eigenvalue weighted by molar-refractivity contribution is 0.190. The summed E-state index contributed by atoms with van der Waals surface area (Å²) in [5.74, 6) is 1.06. The zero-order chi connectivity index (χ0) is 17.0. The van der Waals surface area contributed by atoms with E-state index in [-0.39, 0.29) is 29.9 Å². The molecule has 0 radical (unpaired) electrons. The molecule has 8 nitrogen and oxygen atoms in total. The van der Waals surface area contributed by atoms with E-state index in [1.807, 2.05) is 7.05 Å². The first-order chi connectivity index (χ1) is 11.6. The van der Waals surface area contributed by atoms with Crippen LogP contribution in [0.5, 0.6) is 0 Å². The van der Waals surface area contributed by atoms with E-state index in [1.54, 1.807) is 30.3 Å². The monoisotopic (exact) mass is 387 g/mol. The van der Waals surface area contributed by atoms with Gasteiger partial charge in [0.05, 0.1) is 10.9 Å². The third kappa shape index (κ3) is 4.99. The fourth-order valence-electron chi connectivity index (χ4n) is 2.57. The Hall–Kier alpha value is -1.52. The minimum absolute atomic E-state index is 0. The first-order valence-electron chi connectivity index (χ1n) is 7.84. The molecule has 1 aromatic heterocycles. The van der Waals surface area contributed by atoms with Crippen LogP contribution in [0, 0.1) is 0 Å². The van der Waals surface area contributed by atoms with E-state index in [2.05, 4.69) is 25.1 Å². The van der Waals surface area contributed by atoms with Crippen molar-refractivity contribution in [2.45, 2.75) is 17.4 Å². The molecule has 0 amide bonds. The summed E-state index contributed by atoms with van der Waals surface area (Å²) in [7, 11) is -1.49. The van der Waals surface area contributed by atoms with E-state index in [0.29, 0.717) is 18.1 Å². The molecule has 1 fully saturated rings. The fourth-order valence-corrected chi connectivity index (χ4v) is 3.63. The first kappa shape index (κ1) is 19.8. The molecule has 0 saturated carbocycles. The van der Waals surface area contributed by atoms with Gasteiger partial charge in [0.1, 0.15) is 0 Å². The lowest BCUT2D eigenvalue weighted by atomic mass is 10.2. The average Bonchev–Trinajstić information content (AvgIpc) is 3.04. The second-order valence-electron chi connectivity index (χ2n) is 5.71. The summed E-state index contributed by atoms with van der Waals surface area (Å²) in [6, 6.07) is 8.34. The average molecular weight is 388 g/mol. The predicted octanol–water partition coefficient (Wildman–Crippen LogP) is 0.588. The largest absolute Gasteiger partial charge is 0.339 e. The van der Waals surface area contributed by atoms with Gasteiger partial charge in [-0.3, -0.25) is 4.90 Å². The third-order valence-electron chi connectivity index (χ3n) is 3.98. The van der Waals surface area contributed by atoms with Crippen LogP contribution in [0.2, 0.25) is 0 Å². The van der Waals surface area contributed by atoms with Crippen molar-refractivity contribution in [3.8, 4) is 0 Å². The Balaban J connectivity index is 0.00000225. The van der Waals surface area contributed by atoms with Crippen molar-refractivity contribution in [2.75, 3.05) is 33.2 Å². The number of nitrogens with one attached hydrogen (secondary N) is 2. The second kappa shape index (κ2) is 8.72. The molecule has 10 heteroatoms. The molecule has 1 aromatic carbocycles. The van der Waals surface area contributed by atoms with Crippen LogP contribution in [-0.2, 0) is 16.4 Å². The molecule has 138 valence electrons.